The topological polar surface area (TPSA) is 17.8 Å². The lowest BCUT2D eigenvalue weighted by atomic mass is 9.86. The number of aromatic nitrogens is 2. The molecule has 7 aromatic carbocycles. The molecule has 0 unspecified atom stereocenters. The highest BCUT2D eigenvalue weighted by molar-refractivity contribution is 6.21. The van der Waals surface area contributed by atoms with Crippen molar-refractivity contribution in [2.75, 3.05) is 0 Å². The van der Waals surface area contributed by atoms with Crippen LogP contribution in [0.25, 0.3) is 71.9 Å². The minimum atomic E-state index is -0.765. The Morgan fingerprint density at radius 1 is 0.463 bits per heavy atom. The second-order valence-electron chi connectivity index (χ2n) is 9.06. The maximum Gasteiger partial charge on any atom is 0.145 e. The molecule has 1 heterocycles. The number of fused-ring (bicyclic) bond motifs is 3. The third kappa shape index (κ3) is 3.84. The predicted octanol–water partition coefficient (Wildman–Crippen LogP) is 10.3. The molecule has 0 fully saturated rings. The molecule has 8 rings (SSSR count). The van der Waals surface area contributed by atoms with Gasteiger partial charge in [0.05, 0.1) is 35.7 Å². The molecule has 0 aliphatic carbocycles. The molecule has 0 amide bonds. The Hall–Kier alpha value is -5.47. The summed E-state index contributed by atoms with van der Waals surface area (Å²) in [6.07, 6.45) is 0. The van der Waals surface area contributed by atoms with Crippen LogP contribution in [0.2, 0.25) is 0 Å². The van der Waals surface area contributed by atoms with Gasteiger partial charge in [-0.3, -0.25) is 4.57 Å². The van der Waals surface area contributed by atoms with E-state index in [2.05, 4.69) is 0 Å². The highest BCUT2D eigenvalue weighted by Gasteiger charge is 2.18. The van der Waals surface area contributed by atoms with E-state index in [-0.39, 0.29) is 44.2 Å². The van der Waals surface area contributed by atoms with E-state index in [1.807, 2.05) is 0 Å². The Balaban J connectivity index is 1.52. The van der Waals surface area contributed by atoms with Gasteiger partial charge in [-0.2, -0.15) is 0 Å². The highest BCUT2D eigenvalue weighted by Crippen LogP contribution is 2.43. The average molecular weight is 541 g/mol. The van der Waals surface area contributed by atoms with Crippen molar-refractivity contribution in [3.05, 3.63) is 157 Å². The fraction of sp³-hybridized carbons (Fsp3) is 0. The number of nitrogens with zero attached hydrogens (tertiary/aromatic N) is 2. The van der Waals surface area contributed by atoms with Crippen LogP contribution >= 0.6 is 0 Å². The Labute approximate surface area is 264 Å². The summed E-state index contributed by atoms with van der Waals surface area (Å²) in [5, 5.41) is -1.16. The molecule has 41 heavy (non-hydrogen) atoms. The van der Waals surface area contributed by atoms with Gasteiger partial charge in [0, 0.05) is 11.3 Å². The maximum atomic E-state index is 9.17. The van der Waals surface area contributed by atoms with Crippen LogP contribution in [0, 0.1) is 0 Å². The van der Waals surface area contributed by atoms with Crippen LogP contribution in [-0.4, -0.2) is 9.55 Å². The van der Waals surface area contributed by atoms with Crippen LogP contribution in [0.4, 0.5) is 0 Å². The third-order valence-corrected chi connectivity index (χ3v) is 6.83. The number of imidazole rings is 1. The summed E-state index contributed by atoms with van der Waals surface area (Å²) in [6.45, 7) is 0. The van der Waals surface area contributed by atoms with Crippen molar-refractivity contribution >= 4 is 32.6 Å². The molecule has 0 aliphatic rings. The van der Waals surface area contributed by atoms with Crippen LogP contribution in [-0.2, 0) is 0 Å². The summed E-state index contributed by atoms with van der Waals surface area (Å²) < 4.78 is 158. The lowest BCUT2D eigenvalue weighted by molar-refractivity contribution is 1.10. The molecule has 0 bridgehead atoms. The molecule has 1 aromatic heterocycles. The summed E-state index contributed by atoms with van der Waals surface area (Å²) >= 11 is 0. The van der Waals surface area contributed by atoms with Gasteiger partial charge in [-0.25, -0.2) is 4.98 Å². The normalized spacial score (nSPS) is 17.6. The van der Waals surface area contributed by atoms with E-state index < -0.39 is 120 Å². The Morgan fingerprint density at radius 2 is 0.951 bits per heavy atom. The van der Waals surface area contributed by atoms with Gasteiger partial charge in [-0.1, -0.05) is 133 Å². The Kier molecular flexibility index (Phi) is 2.71. The molecule has 2 nitrogen and oxygen atoms in total. The van der Waals surface area contributed by atoms with Crippen LogP contribution < -0.4 is 0 Å². The fourth-order valence-corrected chi connectivity index (χ4v) is 5.13. The summed E-state index contributed by atoms with van der Waals surface area (Å²) in [5.41, 5.74) is 0.296. The molecule has 0 atom stereocenters. The van der Waals surface area contributed by atoms with Crippen molar-refractivity contribution in [2.45, 2.75) is 0 Å². The largest absolute Gasteiger partial charge is 0.292 e. The zero-order chi connectivity index (χ0) is 42.8. The first-order valence-corrected chi connectivity index (χ1v) is 12.5. The minimum Gasteiger partial charge on any atom is -0.292 e. The number of hydrogen-bond donors (Lipinski definition) is 0. The summed E-state index contributed by atoms with van der Waals surface area (Å²) in [7, 11) is 0. The fourth-order valence-electron chi connectivity index (χ4n) is 5.13. The van der Waals surface area contributed by atoms with Gasteiger partial charge in [-0.05, 0) is 68.0 Å². The second kappa shape index (κ2) is 9.62. The monoisotopic (exact) mass is 540 g/mol. The molecule has 0 saturated heterocycles. The van der Waals surface area contributed by atoms with Gasteiger partial charge >= 0.3 is 0 Å². The Bertz CT molecular complexity index is 3050. The number of hydrogen-bond acceptors (Lipinski definition) is 1. The zero-order valence-electron chi connectivity index (χ0n) is 39.0. The van der Waals surface area contributed by atoms with Crippen LogP contribution in [0.1, 0.15) is 24.7 Å². The average Bonchev–Trinajstić information content (AvgIpc) is 3.61. The molecule has 0 N–H and O–H groups in total. The van der Waals surface area contributed by atoms with Gasteiger partial charge in [0.2, 0.25) is 0 Å². The minimum absolute atomic E-state index is 0.0595. The molecule has 0 aliphatic heterocycles. The Morgan fingerprint density at radius 3 is 1.56 bits per heavy atom. The van der Waals surface area contributed by atoms with E-state index in [4.69, 9.17) is 26.9 Å². The lowest BCUT2D eigenvalue weighted by Crippen LogP contribution is -1.97. The van der Waals surface area contributed by atoms with Gasteiger partial charge in [0.15, 0.2) is 0 Å². The van der Waals surface area contributed by atoms with E-state index in [0.717, 1.165) is 0 Å². The van der Waals surface area contributed by atoms with Crippen molar-refractivity contribution < 1.29 is 24.7 Å². The van der Waals surface area contributed by atoms with Crippen LogP contribution in [0.3, 0.4) is 0 Å². The van der Waals surface area contributed by atoms with E-state index in [9.17, 15) is 2.74 Å². The smallest absolute Gasteiger partial charge is 0.145 e. The standard InChI is InChI=1S/C39H26N2/c1-3-13-27(14-4-1)37-31-17-7-9-19-33(31)38(34-20-10-8-18-32(34)37)28-23-25-29(26-24-28)39-40-35-21-11-12-22-36(35)41(39)30-15-5-2-6-16-30/h1-26H/i1D,2D,3D,4D,5D,6D,7D,8D,9D,10D,13D,14D,15D,16D,17D,18D,19D,20D. The molecule has 0 radical (unpaired) electrons. The van der Waals surface area contributed by atoms with Gasteiger partial charge in [0.1, 0.15) is 5.82 Å². The van der Waals surface area contributed by atoms with E-state index in [1.54, 1.807) is 36.4 Å². The molecular weight excluding hydrogens is 496 g/mol. The summed E-state index contributed by atoms with van der Waals surface area (Å²) in [4.78, 5) is 4.75. The quantitative estimate of drug-likeness (QED) is 0.203. The first-order chi connectivity index (χ1) is 27.8. The summed E-state index contributed by atoms with van der Waals surface area (Å²) in [5.74, 6) is 0.173. The van der Waals surface area contributed by atoms with Gasteiger partial charge < -0.3 is 0 Å². The molecule has 0 spiro atoms. The highest BCUT2D eigenvalue weighted by atomic mass is 15.1. The SMILES string of the molecule is [2H]c1c([2H])c([2H])c(-c2c3c([2H])c([2H])c([2H])c([2H])c3c(-c3ccc(-c4nc5ccccc5n4-c4c([2H])c([2H])c([2H])c([2H])c4[2H])cc3)c3c([2H])c([2H])c([2H])c([2H])c23)c([2H])c1[2H]. The second-order valence-corrected chi connectivity index (χ2v) is 9.06. The van der Waals surface area contributed by atoms with Crippen molar-refractivity contribution in [1.82, 2.24) is 9.55 Å². The van der Waals surface area contributed by atoms with Crippen molar-refractivity contribution in [1.29, 1.82) is 0 Å². The summed E-state index contributed by atoms with van der Waals surface area (Å²) in [6, 6.07) is 1.08. The van der Waals surface area contributed by atoms with Crippen molar-refractivity contribution in [3.8, 4) is 39.3 Å². The first-order valence-electron chi connectivity index (χ1n) is 21.5. The lowest BCUT2D eigenvalue weighted by Gasteiger charge is -2.18. The number of benzene rings is 7. The van der Waals surface area contributed by atoms with Crippen LogP contribution in [0.5, 0.6) is 0 Å². The van der Waals surface area contributed by atoms with Crippen molar-refractivity contribution in [2.24, 2.45) is 0 Å². The molecule has 192 valence electrons. The van der Waals surface area contributed by atoms with Crippen molar-refractivity contribution in [3.63, 3.8) is 0 Å². The molecule has 0 saturated carbocycles. The third-order valence-electron chi connectivity index (χ3n) is 6.83. The molecular formula is C39H26N2. The first kappa shape index (κ1) is 11.6. The molecule has 2 heteroatoms. The zero-order valence-corrected chi connectivity index (χ0v) is 21.0. The maximum absolute atomic E-state index is 9.17. The van der Waals surface area contributed by atoms with Gasteiger partial charge in [0.25, 0.3) is 0 Å². The molecule has 8 aromatic rings. The van der Waals surface area contributed by atoms with Crippen LogP contribution in [0.15, 0.2) is 157 Å². The van der Waals surface area contributed by atoms with E-state index >= 15 is 0 Å². The predicted molar refractivity (Wildman–Crippen MR) is 172 cm³/mol. The van der Waals surface area contributed by atoms with Gasteiger partial charge in [-0.15, -0.1) is 0 Å². The number of rotatable bonds is 4. The van der Waals surface area contributed by atoms with E-state index in [0.29, 0.717) is 16.6 Å². The van der Waals surface area contributed by atoms with E-state index in [1.165, 1.54) is 16.7 Å². The number of para-hydroxylation sites is 3.